The van der Waals surface area contributed by atoms with Gasteiger partial charge >= 0.3 is 6.09 Å². The number of anilines is 1. The van der Waals surface area contributed by atoms with Crippen LogP contribution in [0.15, 0.2) is 45.6 Å². The second-order valence-electron chi connectivity index (χ2n) is 8.54. The first-order valence-corrected chi connectivity index (χ1v) is 12.1. The number of hydrogen-bond donors (Lipinski definition) is 1. The summed E-state index contributed by atoms with van der Waals surface area (Å²) in [7, 11) is 0. The molecular weight excluding hydrogens is 416 g/mol. The summed E-state index contributed by atoms with van der Waals surface area (Å²) in [6, 6.07) is 10.5. The van der Waals surface area contributed by atoms with Crippen LogP contribution >= 0.6 is 23.1 Å². The fourth-order valence-corrected chi connectivity index (χ4v) is 5.46. The number of benzene rings is 1. The van der Waals surface area contributed by atoms with Crippen molar-refractivity contribution in [2.24, 2.45) is 10.7 Å². The van der Waals surface area contributed by atoms with Crippen LogP contribution in [0, 0.1) is 0 Å². The Bertz CT molecular complexity index is 937. The molecule has 6 nitrogen and oxygen atoms in total. The molecule has 3 heterocycles. The van der Waals surface area contributed by atoms with Crippen LogP contribution in [0.1, 0.15) is 32.1 Å². The summed E-state index contributed by atoms with van der Waals surface area (Å²) < 4.78 is 5.55. The zero-order valence-electron chi connectivity index (χ0n) is 17.6. The highest BCUT2D eigenvalue weighted by molar-refractivity contribution is 7.99. The zero-order chi connectivity index (χ0) is 21.3. The van der Waals surface area contributed by atoms with Gasteiger partial charge < -0.3 is 20.3 Å². The van der Waals surface area contributed by atoms with Gasteiger partial charge in [0.2, 0.25) is 0 Å². The minimum atomic E-state index is -0.467. The van der Waals surface area contributed by atoms with Gasteiger partial charge in [0, 0.05) is 36.3 Å². The number of carbonyl (C=O) groups excluding carboxylic acids is 1. The molecule has 1 aromatic carbocycles. The lowest BCUT2D eigenvalue weighted by Crippen LogP contribution is -2.42. The maximum absolute atomic E-state index is 12.4. The molecular formula is C22H28N4O2S2. The van der Waals surface area contributed by atoms with E-state index in [4.69, 9.17) is 10.5 Å². The maximum Gasteiger partial charge on any atom is 0.410 e. The summed E-state index contributed by atoms with van der Waals surface area (Å²) >= 11 is 3.44. The smallest absolute Gasteiger partial charge is 0.410 e. The van der Waals surface area contributed by atoms with E-state index in [9.17, 15) is 4.79 Å². The Balaban J connectivity index is 1.48. The number of amidine groups is 1. The summed E-state index contributed by atoms with van der Waals surface area (Å²) in [5.41, 5.74) is 7.78. The Hall–Kier alpha value is -2.19. The van der Waals surface area contributed by atoms with Gasteiger partial charge in [-0.3, -0.25) is 0 Å². The van der Waals surface area contributed by atoms with Crippen molar-refractivity contribution < 1.29 is 9.53 Å². The number of thioether (sulfide) groups is 1. The van der Waals surface area contributed by atoms with Gasteiger partial charge in [-0.25, -0.2) is 9.79 Å². The highest BCUT2D eigenvalue weighted by atomic mass is 32.2. The van der Waals surface area contributed by atoms with Gasteiger partial charge in [-0.05, 0) is 56.8 Å². The van der Waals surface area contributed by atoms with Crippen molar-refractivity contribution in [2.45, 2.75) is 43.7 Å². The Labute approximate surface area is 186 Å². The summed E-state index contributed by atoms with van der Waals surface area (Å²) in [5, 5.41) is 2.00. The molecule has 2 aliphatic rings. The molecule has 1 saturated heterocycles. The number of amides is 1. The van der Waals surface area contributed by atoms with Crippen LogP contribution in [0.3, 0.4) is 0 Å². The molecule has 1 amide bonds. The lowest BCUT2D eigenvalue weighted by Gasteiger charge is -2.36. The highest BCUT2D eigenvalue weighted by Gasteiger charge is 2.34. The van der Waals surface area contributed by atoms with E-state index in [1.54, 1.807) is 11.3 Å². The van der Waals surface area contributed by atoms with Crippen molar-refractivity contribution >= 4 is 46.4 Å². The number of rotatable bonds is 3. The van der Waals surface area contributed by atoms with E-state index in [-0.39, 0.29) is 6.09 Å². The van der Waals surface area contributed by atoms with Crippen molar-refractivity contribution in [3.05, 3.63) is 40.6 Å². The summed E-state index contributed by atoms with van der Waals surface area (Å²) in [4.78, 5) is 23.5. The monoisotopic (exact) mass is 444 g/mol. The topological polar surface area (TPSA) is 71.2 Å². The Morgan fingerprint density at radius 3 is 2.83 bits per heavy atom. The van der Waals surface area contributed by atoms with Gasteiger partial charge in [0.05, 0.1) is 16.3 Å². The van der Waals surface area contributed by atoms with Crippen LogP contribution in [-0.4, -0.2) is 53.9 Å². The molecule has 1 fully saturated rings. The first-order chi connectivity index (χ1) is 14.3. The summed E-state index contributed by atoms with van der Waals surface area (Å²) in [6.07, 6.45) is 0.736. The molecule has 2 N–H and O–H groups in total. The molecule has 0 radical (unpaired) electrons. The third-order valence-corrected chi connectivity index (χ3v) is 7.04. The number of carbonyl (C=O) groups is 1. The SMILES string of the molecule is CC(C)(C)OC(=O)N1CCC(N2CCSc3cc(N=C(N)c4cccs4)ccc32)C1. The Morgan fingerprint density at radius 2 is 2.10 bits per heavy atom. The number of ether oxygens (including phenoxy) is 1. The first-order valence-electron chi connectivity index (χ1n) is 10.2. The van der Waals surface area contributed by atoms with E-state index in [0.29, 0.717) is 18.4 Å². The van der Waals surface area contributed by atoms with Crippen LogP contribution < -0.4 is 10.6 Å². The van der Waals surface area contributed by atoms with Crippen LogP contribution in [-0.2, 0) is 4.74 Å². The van der Waals surface area contributed by atoms with Crippen molar-refractivity contribution in [2.75, 3.05) is 30.3 Å². The number of thiophene rings is 1. The van der Waals surface area contributed by atoms with Crippen molar-refractivity contribution in [1.82, 2.24) is 4.90 Å². The van der Waals surface area contributed by atoms with E-state index in [1.807, 2.05) is 61.0 Å². The number of aliphatic imine (C=N–C) groups is 1. The molecule has 160 valence electrons. The van der Waals surface area contributed by atoms with Crippen molar-refractivity contribution in [3.8, 4) is 0 Å². The highest BCUT2D eigenvalue weighted by Crippen LogP contribution is 2.39. The average molecular weight is 445 g/mol. The fraction of sp³-hybridized carbons (Fsp3) is 0.455. The maximum atomic E-state index is 12.4. The quantitative estimate of drug-likeness (QED) is 0.548. The molecule has 8 heteroatoms. The van der Waals surface area contributed by atoms with E-state index >= 15 is 0 Å². The summed E-state index contributed by atoms with van der Waals surface area (Å²) in [6.45, 7) is 8.12. The van der Waals surface area contributed by atoms with Crippen LogP contribution in [0.2, 0.25) is 0 Å². The molecule has 2 aromatic rings. The van der Waals surface area contributed by atoms with Gasteiger partial charge in [0.1, 0.15) is 11.4 Å². The van der Waals surface area contributed by atoms with Gasteiger partial charge in [-0.1, -0.05) is 6.07 Å². The second kappa shape index (κ2) is 8.51. The minimum Gasteiger partial charge on any atom is -0.444 e. The standard InChI is InChI=1S/C22H28N4O2S2/c1-22(2,3)28-21(27)25-9-8-16(14-25)26-10-12-30-19-13-15(6-7-17(19)26)24-20(23)18-5-4-11-29-18/h4-7,11,13,16H,8-10,12,14H2,1-3H3,(H2,23,24). The number of nitrogens with two attached hydrogens (primary N) is 1. The Morgan fingerprint density at radius 1 is 1.27 bits per heavy atom. The second-order valence-corrected chi connectivity index (χ2v) is 10.6. The van der Waals surface area contributed by atoms with Gasteiger partial charge in [-0.2, -0.15) is 0 Å². The molecule has 0 saturated carbocycles. The van der Waals surface area contributed by atoms with Crippen molar-refractivity contribution in [1.29, 1.82) is 0 Å². The van der Waals surface area contributed by atoms with E-state index in [0.717, 1.165) is 35.8 Å². The van der Waals surface area contributed by atoms with E-state index in [1.165, 1.54) is 10.6 Å². The third kappa shape index (κ3) is 4.75. The molecule has 2 aliphatic heterocycles. The molecule has 1 aromatic heterocycles. The number of hydrogen-bond acceptors (Lipinski definition) is 6. The molecule has 0 aliphatic carbocycles. The molecule has 0 bridgehead atoms. The minimum absolute atomic E-state index is 0.217. The van der Waals surface area contributed by atoms with E-state index < -0.39 is 5.60 Å². The first kappa shape index (κ1) is 21.1. The van der Waals surface area contributed by atoms with Crippen molar-refractivity contribution in [3.63, 3.8) is 0 Å². The molecule has 1 unspecified atom stereocenters. The molecule has 4 rings (SSSR count). The average Bonchev–Trinajstić information content (AvgIpc) is 3.38. The van der Waals surface area contributed by atoms with Gasteiger partial charge in [-0.15, -0.1) is 23.1 Å². The van der Waals surface area contributed by atoms with Crippen LogP contribution in [0.4, 0.5) is 16.2 Å². The van der Waals surface area contributed by atoms with Crippen LogP contribution in [0.25, 0.3) is 0 Å². The fourth-order valence-electron chi connectivity index (χ4n) is 3.79. The van der Waals surface area contributed by atoms with Gasteiger partial charge in [0.15, 0.2) is 0 Å². The number of likely N-dealkylation sites (tertiary alicyclic amines) is 1. The normalized spacial score (nSPS) is 19.7. The Kier molecular flexibility index (Phi) is 5.97. The molecule has 1 atom stereocenters. The third-order valence-electron chi connectivity index (χ3n) is 5.12. The predicted octanol–water partition coefficient (Wildman–Crippen LogP) is 4.71. The largest absolute Gasteiger partial charge is 0.444 e. The predicted molar refractivity (Wildman–Crippen MR) is 125 cm³/mol. The zero-order valence-corrected chi connectivity index (χ0v) is 19.3. The lowest BCUT2D eigenvalue weighted by molar-refractivity contribution is 0.0292. The van der Waals surface area contributed by atoms with Crippen LogP contribution in [0.5, 0.6) is 0 Å². The number of fused-ring (bicyclic) bond motifs is 1. The number of nitrogens with zero attached hydrogens (tertiary/aromatic N) is 3. The van der Waals surface area contributed by atoms with E-state index in [2.05, 4.69) is 22.0 Å². The molecule has 30 heavy (non-hydrogen) atoms. The van der Waals surface area contributed by atoms with Gasteiger partial charge in [0.25, 0.3) is 0 Å². The summed E-state index contributed by atoms with van der Waals surface area (Å²) in [5.74, 6) is 1.56. The lowest BCUT2D eigenvalue weighted by atomic mass is 10.1. The molecule has 0 spiro atoms.